The van der Waals surface area contributed by atoms with E-state index in [0.29, 0.717) is 24.2 Å². The molecule has 2 rings (SSSR count). The second kappa shape index (κ2) is 6.93. The van der Waals surface area contributed by atoms with Gasteiger partial charge in [-0.3, -0.25) is 14.2 Å². The third kappa shape index (κ3) is 3.36. The average Bonchev–Trinajstić information content (AvgIpc) is 2.81. The lowest BCUT2D eigenvalue weighted by molar-refractivity contribution is -0.136. The smallest absolute Gasteiger partial charge is 0.408 e. The lowest BCUT2D eigenvalue weighted by Gasteiger charge is -2.20. The minimum Gasteiger partial charge on any atom is -0.408 e. The zero-order valence-electron chi connectivity index (χ0n) is 12.7. The van der Waals surface area contributed by atoms with Gasteiger partial charge < -0.3 is 14.6 Å². The van der Waals surface area contributed by atoms with Crippen LogP contribution in [0.4, 0.5) is 0 Å². The first-order valence-corrected chi connectivity index (χ1v) is 7.19. The third-order valence-corrected chi connectivity index (χ3v) is 3.31. The van der Waals surface area contributed by atoms with Crippen molar-refractivity contribution in [3.05, 3.63) is 34.8 Å². The molecule has 0 fully saturated rings. The van der Waals surface area contributed by atoms with E-state index in [0.717, 1.165) is 0 Å². The lowest BCUT2D eigenvalue weighted by atomic mass is 10.3. The topological polar surface area (TPSA) is 84.5 Å². The van der Waals surface area contributed by atoms with Gasteiger partial charge in [0, 0.05) is 13.1 Å². The van der Waals surface area contributed by atoms with Crippen LogP contribution in [0, 0.1) is 0 Å². The number of rotatable bonds is 6. The van der Waals surface area contributed by atoms with Crippen LogP contribution in [-0.2, 0) is 16.1 Å². The van der Waals surface area contributed by atoms with Crippen molar-refractivity contribution < 1.29 is 14.0 Å². The normalized spacial score (nSPS) is 10.6. The van der Waals surface area contributed by atoms with Crippen molar-refractivity contribution in [2.24, 2.45) is 0 Å². The first-order valence-electron chi connectivity index (χ1n) is 7.19. The summed E-state index contributed by atoms with van der Waals surface area (Å²) in [7, 11) is 0. The number of aromatic nitrogens is 1. The highest BCUT2D eigenvalue weighted by Crippen LogP contribution is 2.11. The van der Waals surface area contributed by atoms with Crippen molar-refractivity contribution in [3.8, 4) is 0 Å². The molecule has 1 heterocycles. The second-order valence-corrected chi connectivity index (χ2v) is 4.78. The average molecular weight is 305 g/mol. The second-order valence-electron chi connectivity index (χ2n) is 4.78. The number of fused-ring (bicyclic) bond motifs is 1. The van der Waals surface area contributed by atoms with E-state index in [1.807, 2.05) is 6.92 Å². The van der Waals surface area contributed by atoms with Crippen molar-refractivity contribution in [2.75, 3.05) is 19.6 Å². The molecule has 0 aliphatic carbocycles. The Bertz CT molecular complexity index is 732. The van der Waals surface area contributed by atoms with Gasteiger partial charge in [-0.15, -0.1) is 0 Å². The van der Waals surface area contributed by atoms with Gasteiger partial charge in [-0.1, -0.05) is 12.1 Å². The number of likely N-dealkylation sites (N-methyl/N-ethyl adjacent to an activating group) is 2. The van der Waals surface area contributed by atoms with E-state index in [1.165, 1.54) is 9.47 Å². The number of nitrogens with one attached hydrogen (secondary N) is 1. The zero-order valence-corrected chi connectivity index (χ0v) is 12.7. The highest BCUT2D eigenvalue weighted by atomic mass is 16.4. The van der Waals surface area contributed by atoms with Crippen LogP contribution in [0.25, 0.3) is 11.1 Å². The summed E-state index contributed by atoms with van der Waals surface area (Å²) in [6, 6.07) is 6.91. The van der Waals surface area contributed by atoms with Gasteiger partial charge >= 0.3 is 5.76 Å². The van der Waals surface area contributed by atoms with Crippen LogP contribution in [0.3, 0.4) is 0 Å². The number of carbonyl (C=O) groups is 2. The first kappa shape index (κ1) is 15.8. The molecule has 1 N–H and O–H groups in total. The van der Waals surface area contributed by atoms with Gasteiger partial charge in [0.05, 0.1) is 12.1 Å². The molecule has 7 heteroatoms. The van der Waals surface area contributed by atoms with Crippen molar-refractivity contribution in [1.82, 2.24) is 14.8 Å². The molecule has 0 saturated heterocycles. The number of oxazole rings is 1. The molecule has 0 aliphatic rings. The van der Waals surface area contributed by atoms with E-state index in [2.05, 4.69) is 5.32 Å². The lowest BCUT2D eigenvalue weighted by Crippen LogP contribution is -2.42. The van der Waals surface area contributed by atoms with E-state index in [-0.39, 0.29) is 24.9 Å². The maximum absolute atomic E-state index is 12.3. The molecule has 2 amide bonds. The van der Waals surface area contributed by atoms with Crippen LogP contribution in [0.1, 0.15) is 13.8 Å². The molecule has 0 spiro atoms. The van der Waals surface area contributed by atoms with Gasteiger partial charge in [0.25, 0.3) is 0 Å². The van der Waals surface area contributed by atoms with E-state index < -0.39 is 5.76 Å². The predicted octanol–water partition coefficient (Wildman–Crippen LogP) is 0.579. The van der Waals surface area contributed by atoms with Gasteiger partial charge in [-0.05, 0) is 26.0 Å². The number of nitrogens with zero attached hydrogens (tertiary/aromatic N) is 2. The fourth-order valence-electron chi connectivity index (χ4n) is 2.20. The van der Waals surface area contributed by atoms with Crippen LogP contribution in [0.5, 0.6) is 0 Å². The Labute approximate surface area is 127 Å². The third-order valence-electron chi connectivity index (χ3n) is 3.31. The summed E-state index contributed by atoms with van der Waals surface area (Å²) in [5, 5.41) is 2.65. The number of carbonyl (C=O) groups excluding carboxylic acids is 2. The van der Waals surface area contributed by atoms with E-state index in [4.69, 9.17) is 4.42 Å². The standard InChI is InChI=1S/C15H19N3O4/c1-3-16-13(19)9-17(4-2)14(20)10-18-11-7-5-6-8-12(11)22-15(18)21/h5-8H,3-4,9-10H2,1-2H3,(H,16,19). The van der Waals surface area contributed by atoms with E-state index >= 15 is 0 Å². The minimum absolute atomic E-state index is 0.0201. The zero-order chi connectivity index (χ0) is 16.1. The van der Waals surface area contributed by atoms with Crippen LogP contribution >= 0.6 is 0 Å². The molecule has 118 valence electrons. The molecular weight excluding hydrogens is 286 g/mol. The van der Waals surface area contributed by atoms with Crippen molar-refractivity contribution in [3.63, 3.8) is 0 Å². The number of para-hydroxylation sites is 2. The van der Waals surface area contributed by atoms with Crippen molar-refractivity contribution in [2.45, 2.75) is 20.4 Å². The highest BCUT2D eigenvalue weighted by Gasteiger charge is 2.18. The predicted molar refractivity (Wildman–Crippen MR) is 81.4 cm³/mol. The molecule has 22 heavy (non-hydrogen) atoms. The Morgan fingerprint density at radius 1 is 1.27 bits per heavy atom. The summed E-state index contributed by atoms with van der Waals surface area (Å²) in [4.78, 5) is 37.2. The fourth-order valence-corrected chi connectivity index (χ4v) is 2.20. The number of benzene rings is 1. The van der Waals surface area contributed by atoms with Crippen molar-refractivity contribution >= 4 is 22.9 Å². The molecule has 2 aromatic rings. The molecule has 0 saturated carbocycles. The molecule has 1 aromatic heterocycles. The Balaban J connectivity index is 2.17. The van der Waals surface area contributed by atoms with Gasteiger partial charge in [0.2, 0.25) is 11.8 Å². The number of hydrogen-bond donors (Lipinski definition) is 1. The largest absolute Gasteiger partial charge is 0.420 e. The highest BCUT2D eigenvalue weighted by molar-refractivity contribution is 5.85. The summed E-state index contributed by atoms with van der Waals surface area (Å²) in [6.45, 7) is 4.33. The molecule has 0 bridgehead atoms. The van der Waals surface area contributed by atoms with Crippen LogP contribution < -0.4 is 11.1 Å². The van der Waals surface area contributed by atoms with Crippen molar-refractivity contribution in [1.29, 1.82) is 0 Å². The van der Waals surface area contributed by atoms with Crippen LogP contribution in [0.15, 0.2) is 33.5 Å². The maximum Gasteiger partial charge on any atom is 0.420 e. The maximum atomic E-state index is 12.3. The molecule has 1 aromatic carbocycles. The molecule has 0 aliphatic heterocycles. The van der Waals surface area contributed by atoms with E-state index in [1.54, 1.807) is 31.2 Å². The summed E-state index contributed by atoms with van der Waals surface area (Å²) in [5.74, 6) is -1.10. The van der Waals surface area contributed by atoms with Crippen LogP contribution in [-0.4, -0.2) is 40.9 Å². The Morgan fingerprint density at radius 3 is 2.68 bits per heavy atom. The first-order chi connectivity index (χ1) is 10.6. The summed E-state index contributed by atoms with van der Waals surface area (Å²) < 4.78 is 6.37. The molecule has 0 unspecified atom stereocenters. The molecule has 7 nitrogen and oxygen atoms in total. The van der Waals surface area contributed by atoms with Gasteiger partial charge in [-0.2, -0.15) is 0 Å². The summed E-state index contributed by atoms with van der Waals surface area (Å²) >= 11 is 0. The Hall–Kier alpha value is -2.57. The number of amides is 2. The SMILES string of the molecule is CCNC(=O)CN(CC)C(=O)Cn1c(=O)oc2ccccc21. The Kier molecular flexibility index (Phi) is 4.98. The molecular formula is C15H19N3O4. The molecule has 0 radical (unpaired) electrons. The fraction of sp³-hybridized carbons (Fsp3) is 0.400. The quantitative estimate of drug-likeness (QED) is 0.846. The number of hydrogen-bond acceptors (Lipinski definition) is 4. The monoisotopic (exact) mass is 305 g/mol. The molecule has 0 atom stereocenters. The van der Waals surface area contributed by atoms with Crippen LogP contribution in [0.2, 0.25) is 0 Å². The Morgan fingerprint density at radius 2 is 2.00 bits per heavy atom. The van der Waals surface area contributed by atoms with E-state index in [9.17, 15) is 14.4 Å². The van der Waals surface area contributed by atoms with Gasteiger partial charge in [0.15, 0.2) is 5.58 Å². The summed E-state index contributed by atoms with van der Waals surface area (Å²) in [6.07, 6.45) is 0. The summed E-state index contributed by atoms with van der Waals surface area (Å²) in [5.41, 5.74) is 1.00. The van der Waals surface area contributed by atoms with Gasteiger partial charge in [-0.25, -0.2) is 4.79 Å². The minimum atomic E-state index is -0.580. The van der Waals surface area contributed by atoms with Gasteiger partial charge in [0.1, 0.15) is 6.54 Å².